The third-order valence-corrected chi connectivity index (χ3v) is 4.79. The Labute approximate surface area is 102 Å². The Kier molecular flexibility index (Phi) is 11.3. The molecule has 0 aliphatic heterocycles. The molecule has 0 spiro atoms. The van der Waals surface area contributed by atoms with Gasteiger partial charge in [-0.2, -0.15) is 0 Å². The van der Waals surface area contributed by atoms with Crippen LogP contribution in [0, 0.1) is 0 Å². The fourth-order valence-electron chi connectivity index (χ4n) is 1.26. The maximum atomic E-state index is 10.5. The van der Waals surface area contributed by atoms with Gasteiger partial charge in [-0.3, -0.25) is 4.79 Å². The zero-order valence-corrected chi connectivity index (χ0v) is 10.6. The van der Waals surface area contributed by atoms with Gasteiger partial charge in [0.1, 0.15) is 0 Å². The van der Waals surface area contributed by atoms with Gasteiger partial charge in [-0.1, -0.05) is 0 Å². The summed E-state index contributed by atoms with van der Waals surface area (Å²) in [5, 5.41) is 8.64. The Bertz CT molecular complexity index is 172. The average molecular weight is 268 g/mol. The summed E-state index contributed by atoms with van der Waals surface area (Å²) in [6, 6.07) is 0.331. The summed E-state index contributed by atoms with van der Waals surface area (Å²) >= 11 is 0. The number of carbonyl (C=O) groups is 1. The lowest BCUT2D eigenvalue weighted by Gasteiger charge is -2.27. The predicted molar refractivity (Wildman–Crippen MR) is 69.0 cm³/mol. The van der Waals surface area contributed by atoms with E-state index >= 15 is 0 Å². The maximum Gasteiger partial charge on any atom is 0.501 e. The third-order valence-electron chi connectivity index (χ3n) is 1.74. The van der Waals surface area contributed by atoms with Crippen molar-refractivity contribution < 1.29 is 23.2 Å². The van der Waals surface area contributed by atoms with E-state index in [1.165, 1.54) is 0 Å². The van der Waals surface area contributed by atoms with Gasteiger partial charge in [0.15, 0.2) is 0 Å². The first kappa shape index (κ1) is 18.2. The van der Waals surface area contributed by atoms with E-state index in [9.17, 15) is 4.79 Å². The summed E-state index contributed by atoms with van der Waals surface area (Å²) in [6.07, 6.45) is 0.0201. The number of carboxylic acid groups (broad SMARTS) is 1. The van der Waals surface area contributed by atoms with Crippen LogP contribution in [0.3, 0.4) is 0 Å². The molecule has 0 radical (unpaired) electrons. The molecule has 0 aromatic carbocycles. The Morgan fingerprint density at radius 3 is 1.69 bits per heavy atom. The zero-order valence-electron chi connectivity index (χ0n) is 9.62. The number of carboxylic acids is 1. The molecule has 0 saturated heterocycles. The molecule has 1 N–H and O–H groups in total. The van der Waals surface area contributed by atoms with E-state index in [1.54, 1.807) is 0 Å². The molecule has 16 heavy (non-hydrogen) atoms. The van der Waals surface area contributed by atoms with Gasteiger partial charge in [0.25, 0.3) is 0 Å². The van der Waals surface area contributed by atoms with E-state index in [2.05, 4.69) is 0 Å². The van der Waals surface area contributed by atoms with E-state index in [-0.39, 0.29) is 17.4 Å². The Balaban J connectivity index is 0. The molecule has 0 aliphatic rings. The molecule has 98 valence electrons. The van der Waals surface area contributed by atoms with Crippen molar-refractivity contribution in [1.82, 2.24) is 0 Å². The van der Waals surface area contributed by atoms with Crippen molar-refractivity contribution in [3.8, 4) is 0 Å². The number of hydrogen-bond acceptors (Lipinski definition) is 4. The van der Waals surface area contributed by atoms with E-state index in [4.69, 9.17) is 18.4 Å². The van der Waals surface area contributed by atoms with Crippen LogP contribution in [-0.2, 0) is 18.1 Å². The highest BCUT2D eigenvalue weighted by Gasteiger charge is 2.40. The summed E-state index contributed by atoms with van der Waals surface area (Å²) < 4.78 is 16.5. The molecular formula is C9H24O5Si2. The first-order chi connectivity index (χ1) is 7.10. The molecular weight excluding hydrogens is 244 g/mol. The molecule has 0 aromatic heterocycles. The summed E-state index contributed by atoms with van der Waals surface area (Å²) in [4.78, 5) is 10.5. The van der Waals surface area contributed by atoms with Gasteiger partial charge in [-0.15, -0.1) is 0 Å². The van der Waals surface area contributed by atoms with Crippen LogP contribution in [-0.4, -0.2) is 50.7 Å². The van der Waals surface area contributed by atoms with E-state index < -0.39 is 14.8 Å². The topological polar surface area (TPSA) is 65.0 Å². The lowest BCUT2D eigenvalue weighted by molar-refractivity contribution is -0.136. The molecule has 0 saturated carbocycles. The van der Waals surface area contributed by atoms with Gasteiger partial charge >= 0.3 is 14.8 Å². The van der Waals surface area contributed by atoms with E-state index in [0.29, 0.717) is 25.9 Å². The summed E-state index contributed by atoms with van der Waals surface area (Å²) in [5.41, 5.74) is 0. The Hall–Kier alpha value is -0.216. The SMILES string of the molecule is CCO[Si](CCC(=O)O)(OCC)OCC.[SiH4]. The van der Waals surface area contributed by atoms with Crippen LogP contribution in [0.4, 0.5) is 0 Å². The van der Waals surface area contributed by atoms with Crippen molar-refractivity contribution in [2.45, 2.75) is 33.2 Å². The summed E-state index contributed by atoms with van der Waals surface area (Å²) in [7, 11) is -2.74. The molecule has 0 bridgehead atoms. The maximum absolute atomic E-state index is 10.5. The van der Waals surface area contributed by atoms with Crippen LogP contribution >= 0.6 is 0 Å². The van der Waals surface area contributed by atoms with Crippen molar-refractivity contribution in [2.24, 2.45) is 0 Å². The number of aliphatic carboxylic acids is 1. The monoisotopic (exact) mass is 268 g/mol. The molecule has 0 unspecified atom stereocenters. The first-order valence-electron chi connectivity index (χ1n) is 5.23. The second-order valence-electron chi connectivity index (χ2n) is 2.88. The van der Waals surface area contributed by atoms with Gasteiger partial charge in [0.05, 0.1) is 0 Å². The molecule has 0 heterocycles. The van der Waals surface area contributed by atoms with Crippen molar-refractivity contribution in [2.75, 3.05) is 19.8 Å². The lowest BCUT2D eigenvalue weighted by atomic mass is 10.5. The first-order valence-corrected chi connectivity index (χ1v) is 7.17. The van der Waals surface area contributed by atoms with Crippen LogP contribution in [0.5, 0.6) is 0 Å². The highest BCUT2D eigenvalue weighted by molar-refractivity contribution is 6.60. The smallest absolute Gasteiger partial charge is 0.481 e. The molecule has 5 nitrogen and oxygen atoms in total. The largest absolute Gasteiger partial charge is 0.501 e. The van der Waals surface area contributed by atoms with Crippen molar-refractivity contribution >= 4 is 25.7 Å². The predicted octanol–water partition coefficient (Wildman–Crippen LogP) is 0.0579. The average Bonchev–Trinajstić information content (AvgIpc) is 2.16. The molecule has 0 fully saturated rings. The molecule has 0 rings (SSSR count). The van der Waals surface area contributed by atoms with Crippen LogP contribution < -0.4 is 0 Å². The minimum absolute atomic E-state index is 0. The Morgan fingerprint density at radius 1 is 1.06 bits per heavy atom. The van der Waals surface area contributed by atoms with Crippen molar-refractivity contribution in [3.63, 3.8) is 0 Å². The standard InChI is InChI=1S/C9H20O5Si.H4Si/c1-4-12-15(13-5-2,14-6-3)8-7-9(10)11;/h4-8H2,1-3H3,(H,10,11);1H4. The van der Waals surface area contributed by atoms with Gasteiger partial charge in [0.2, 0.25) is 0 Å². The lowest BCUT2D eigenvalue weighted by Crippen LogP contribution is -2.46. The molecule has 0 aliphatic carbocycles. The summed E-state index contributed by atoms with van der Waals surface area (Å²) in [5.74, 6) is -0.856. The second-order valence-corrected chi connectivity index (χ2v) is 5.61. The molecule has 0 aromatic rings. The number of rotatable bonds is 9. The minimum Gasteiger partial charge on any atom is -0.481 e. The van der Waals surface area contributed by atoms with Crippen molar-refractivity contribution in [3.05, 3.63) is 0 Å². The number of hydrogen-bond donors (Lipinski definition) is 1. The van der Waals surface area contributed by atoms with E-state index in [0.717, 1.165) is 0 Å². The highest BCUT2D eigenvalue weighted by atomic mass is 28.4. The van der Waals surface area contributed by atoms with Crippen LogP contribution in [0.25, 0.3) is 0 Å². The van der Waals surface area contributed by atoms with Gasteiger partial charge in [0, 0.05) is 32.3 Å². The van der Waals surface area contributed by atoms with Crippen LogP contribution in [0.2, 0.25) is 6.04 Å². The summed E-state index contributed by atoms with van der Waals surface area (Å²) in [6.45, 7) is 6.98. The molecule has 7 heteroatoms. The van der Waals surface area contributed by atoms with Crippen LogP contribution in [0.1, 0.15) is 27.2 Å². The third kappa shape index (κ3) is 7.12. The van der Waals surface area contributed by atoms with Crippen LogP contribution in [0.15, 0.2) is 0 Å². The molecule has 0 atom stereocenters. The quantitative estimate of drug-likeness (QED) is 0.599. The van der Waals surface area contributed by atoms with Crippen molar-refractivity contribution in [1.29, 1.82) is 0 Å². The normalized spacial score (nSPS) is 10.9. The zero-order chi connectivity index (χ0) is 11.7. The fraction of sp³-hybridized carbons (Fsp3) is 0.889. The fourth-order valence-corrected chi connectivity index (χ4v) is 3.78. The Morgan fingerprint density at radius 2 is 1.44 bits per heavy atom. The second kappa shape index (κ2) is 9.97. The van der Waals surface area contributed by atoms with Gasteiger partial charge in [-0.25, -0.2) is 0 Å². The highest BCUT2D eigenvalue weighted by Crippen LogP contribution is 2.17. The van der Waals surface area contributed by atoms with Gasteiger partial charge < -0.3 is 18.4 Å². The minimum atomic E-state index is -2.74. The molecule has 0 amide bonds. The van der Waals surface area contributed by atoms with Gasteiger partial charge in [-0.05, 0) is 31.7 Å². The van der Waals surface area contributed by atoms with E-state index in [1.807, 2.05) is 20.8 Å².